The summed E-state index contributed by atoms with van der Waals surface area (Å²) >= 11 is 5.60. The first-order valence-corrected chi connectivity index (χ1v) is 6.55. The smallest absolute Gasteiger partial charge is 0.319 e. The second-order valence-corrected chi connectivity index (χ2v) is 5.26. The van der Waals surface area contributed by atoms with Gasteiger partial charge in [-0.15, -0.1) is 0 Å². The summed E-state index contributed by atoms with van der Waals surface area (Å²) in [6.45, 7) is 0.0242. The number of halogens is 2. The number of amides is 2. The van der Waals surface area contributed by atoms with Crippen LogP contribution in [-0.2, 0) is 4.79 Å². The van der Waals surface area contributed by atoms with E-state index in [9.17, 15) is 14.0 Å². The number of anilines is 1. The molecule has 1 aromatic rings. The second kappa shape index (κ2) is 5.66. The van der Waals surface area contributed by atoms with Crippen LogP contribution in [0, 0.1) is 11.2 Å². The molecule has 5 nitrogen and oxygen atoms in total. The van der Waals surface area contributed by atoms with Gasteiger partial charge in [-0.05, 0) is 25.0 Å². The van der Waals surface area contributed by atoms with Gasteiger partial charge in [0.05, 0.1) is 16.1 Å². The van der Waals surface area contributed by atoms with Crippen molar-refractivity contribution in [3.63, 3.8) is 0 Å². The van der Waals surface area contributed by atoms with Crippen LogP contribution in [0.3, 0.4) is 0 Å². The minimum Gasteiger partial charge on any atom is -0.481 e. The molecule has 3 N–H and O–H groups in total. The van der Waals surface area contributed by atoms with E-state index in [1.165, 1.54) is 18.2 Å². The fourth-order valence-electron chi connectivity index (χ4n) is 2.09. The maximum absolute atomic E-state index is 13.6. The molecule has 0 heterocycles. The Bertz CT molecular complexity index is 546. The Morgan fingerprint density at radius 2 is 2.10 bits per heavy atom. The number of carbonyl (C=O) groups excluding carboxylic acids is 1. The van der Waals surface area contributed by atoms with E-state index < -0.39 is 23.2 Å². The first kappa shape index (κ1) is 14.6. The van der Waals surface area contributed by atoms with Gasteiger partial charge in [-0.25, -0.2) is 9.18 Å². The third-order valence-corrected chi connectivity index (χ3v) is 3.84. The van der Waals surface area contributed by atoms with Crippen LogP contribution in [0.25, 0.3) is 0 Å². The Kier molecular flexibility index (Phi) is 4.13. The number of carboxylic acids is 1. The predicted octanol–water partition coefficient (Wildman–Crippen LogP) is 2.86. The minimum atomic E-state index is -0.919. The number of hydrogen-bond donors (Lipinski definition) is 3. The molecular weight excluding hydrogens is 287 g/mol. The van der Waals surface area contributed by atoms with Gasteiger partial charge < -0.3 is 15.7 Å². The highest BCUT2D eigenvalue weighted by molar-refractivity contribution is 6.31. The molecule has 0 atom stereocenters. The minimum absolute atomic E-state index is 0.0242. The van der Waals surface area contributed by atoms with E-state index in [4.69, 9.17) is 16.7 Å². The van der Waals surface area contributed by atoms with E-state index in [0.717, 1.165) is 6.42 Å². The first-order valence-electron chi connectivity index (χ1n) is 6.17. The van der Waals surface area contributed by atoms with Crippen molar-refractivity contribution in [2.75, 3.05) is 11.9 Å². The summed E-state index contributed by atoms with van der Waals surface area (Å²) in [5, 5.41) is 13.8. The standard InChI is InChI=1S/C13H14ClFN2O3/c14-8-3-1-4-9(10(8)15)17-12(20)16-7-13(11(18)19)5-2-6-13/h1,3-4H,2,5-7H2,(H,18,19)(H2,16,17,20). The second-order valence-electron chi connectivity index (χ2n) is 4.85. The van der Waals surface area contributed by atoms with Crippen LogP contribution in [0.15, 0.2) is 18.2 Å². The molecule has 1 aromatic carbocycles. The number of urea groups is 1. The van der Waals surface area contributed by atoms with Crippen LogP contribution in [-0.4, -0.2) is 23.7 Å². The summed E-state index contributed by atoms with van der Waals surface area (Å²) in [5.41, 5.74) is -0.933. The molecule has 2 amide bonds. The molecule has 2 rings (SSSR count). The summed E-state index contributed by atoms with van der Waals surface area (Å²) in [7, 11) is 0. The van der Waals surface area contributed by atoms with Gasteiger partial charge >= 0.3 is 12.0 Å². The van der Waals surface area contributed by atoms with Crippen molar-refractivity contribution in [3.8, 4) is 0 Å². The Hall–Kier alpha value is -1.82. The average Bonchev–Trinajstić information content (AvgIpc) is 2.33. The van der Waals surface area contributed by atoms with Crippen LogP contribution in [0.5, 0.6) is 0 Å². The van der Waals surface area contributed by atoms with Crippen molar-refractivity contribution >= 4 is 29.3 Å². The molecule has 108 valence electrons. The van der Waals surface area contributed by atoms with Gasteiger partial charge in [0.2, 0.25) is 0 Å². The van der Waals surface area contributed by atoms with Crippen molar-refractivity contribution < 1.29 is 19.1 Å². The van der Waals surface area contributed by atoms with Crippen LogP contribution in [0.4, 0.5) is 14.9 Å². The summed E-state index contributed by atoms with van der Waals surface area (Å²) in [6.07, 6.45) is 1.90. The van der Waals surface area contributed by atoms with Crippen LogP contribution in [0.2, 0.25) is 5.02 Å². The SMILES string of the molecule is O=C(NCC1(C(=O)O)CCC1)Nc1cccc(Cl)c1F. The Labute approximate surface area is 120 Å². The molecule has 1 fully saturated rings. The normalized spacial score (nSPS) is 16.1. The van der Waals surface area contributed by atoms with Crippen molar-refractivity contribution in [1.29, 1.82) is 0 Å². The Morgan fingerprint density at radius 1 is 1.40 bits per heavy atom. The maximum atomic E-state index is 13.6. The van der Waals surface area contributed by atoms with Gasteiger partial charge in [0.1, 0.15) is 0 Å². The first-order chi connectivity index (χ1) is 9.44. The zero-order valence-electron chi connectivity index (χ0n) is 10.6. The van der Waals surface area contributed by atoms with Crippen molar-refractivity contribution in [2.45, 2.75) is 19.3 Å². The van der Waals surface area contributed by atoms with Crippen LogP contribution >= 0.6 is 11.6 Å². The van der Waals surface area contributed by atoms with E-state index in [1.807, 2.05) is 0 Å². The van der Waals surface area contributed by atoms with Crippen molar-refractivity contribution in [3.05, 3.63) is 29.0 Å². The monoisotopic (exact) mass is 300 g/mol. The lowest BCUT2D eigenvalue weighted by atomic mass is 9.69. The molecule has 0 unspecified atom stereocenters. The Balaban J connectivity index is 1.93. The number of benzene rings is 1. The fraction of sp³-hybridized carbons (Fsp3) is 0.385. The third kappa shape index (κ3) is 2.85. The predicted molar refractivity (Wildman–Crippen MR) is 72.4 cm³/mol. The lowest BCUT2D eigenvalue weighted by Crippen LogP contribution is -2.48. The zero-order chi connectivity index (χ0) is 14.8. The number of aliphatic carboxylic acids is 1. The topological polar surface area (TPSA) is 78.4 Å². The van der Waals surface area contributed by atoms with E-state index in [0.29, 0.717) is 12.8 Å². The third-order valence-electron chi connectivity index (χ3n) is 3.55. The molecule has 0 aliphatic heterocycles. The van der Waals surface area contributed by atoms with Crippen molar-refractivity contribution in [1.82, 2.24) is 5.32 Å². The number of nitrogens with one attached hydrogen (secondary N) is 2. The highest BCUT2D eigenvalue weighted by Gasteiger charge is 2.44. The average molecular weight is 301 g/mol. The quantitative estimate of drug-likeness (QED) is 0.800. The van der Waals surface area contributed by atoms with E-state index in [-0.39, 0.29) is 17.3 Å². The summed E-state index contributed by atoms with van der Waals surface area (Å²) in [5.74, 6) is -1.64. The summed E-state index contributed by atoms with van der Waals surface area (Å²) < 4.78 is 13.6. The summed E-state index contributed by atoms with van der Waals surface area (Å²) in [6, 6.07) is 3.59. The molecule has 0 radical (unpaired) electrons. The van der Waals surface area contributed by atoms with Gasteiger partial charge in [0.25, 0.3) is 0 Å². The van der Waals surface area contributed by atoms with Gasteiger partial charge in [-0.1, -0.05) is 24.1 Å². The van der Waals surface area contributed by atoms with Gasteiger partial charge in [0.15, 0.2) is 5.82 Å². The van der Waals surface area contributed by atoms with E-state index in [1.54, 1.807) is 0 Å². The molecule has 0 aromatic heterocycles. The van der Waals surface area contributed by atoms with Crippen LogP contribution in [0.1, 0.15) is 19.3 Å². The number of rotatable bonds is 4. The molecule has 1 aliphatic carbocycles. The van der Waals surface area contributed by atoms with Crippen LogP contribution < -0.4 is 10.6 Å². The fourth-order valence-corrected chi connectivity index (χ4v) is 2.26. The molecule has 1 saturated carbocycles. The molecule has 0 saturated heterocycles. The Morgan fingerprint density at radius 3 is 2.65 bits per heavy atom. The molecule has 0 bridgehead atoms. The van der Waals surface area contributed by atoms with E-state index >= 15 is 0 Å². The number of carboxylic acid groups (broad SMARTS) is 1. The number of carbonyl (C=O) groups is 2. The molecule has 7 heteroatoms. The van der Waals surface area contributed by atoms with Gasteiger partial charge in [-0.3, -0.25) is 4.79 Å². The molecule has 20 heavy (non-hydrogen) atoms. The molecule has 0 spiro atoms. The highest BCUT2D eigenvalue weighted by Crippen LogP contribution is 2.40. The van der Waals surface area contributed by atoms with Gasteiger partial charge in [0, 0.05) is 6.54 Å². The maximum Gasteiger partial charge on any atom is 0.319 e. The van der Waals surface area contributed by atoms with E-state index in [2.05, 4.69) is 10.6 Å². The lowest BCUT2D eigenvalue weighted by Gasteiger charge is -2.37. The molecule has 1 aliphatic rings. The molecular formula is C13H14ClFN2O3. The number of hydrogen-bond acceptors (Lipinski definition) is 2. The van der Waals surface area contributed by atoms with Gasteiger partial charge in [-0.2, -0.15) is 0 Å². The highest BCUT2D eigenvalue weighted by atomic mass is 35.5. The zero-order valence-corrected chi connectivity index (χ0v) is 11.3. The lowest BCUT2D eigenvalue weighted by molar-refractivity contribution is -0.153. The largest absolute Gasteiger partial charge is 0.481 e. The summed E-state index contributed by atoms with van der Waals surface area (Å²) in [4.78, 5) is 22.8. The van der Waals surface area contributed by atoms with Crippen molar-refractivity contribution in [2.24, 2.45) is 5.41 Å².